The summed E-state index contributed by atoms with van der Waals surface area (Å²) in [6.07, 6.45) is 0.517. The minimum atomic E-state index is -3.95. The monoisotopic (exact) mass is 306 g/mol. The SMILES string of the molecule is COc1c(C=O)cc(S(N)(=O)=O)cc1-c1cccc(N)c1. The van der Waals surface area contributed by atoms with Gasteiger partial charge in [0.2, 0.25) is 10.0 Å². The fraction of sp³-hybridized carbons (Fsp3) is 0.0714. The minimum absolute atomic E-state index is 0.0986. The lowest BCUT2D eigenvalue weighted by molar-refractivity contribution is 0.112. The van der Waals surface area contributed by atoms with Gasteiger partial charge in [0.25, 0.3) is 0 Å². The molecule has 2 aromatic rings. The van der Waals surface area contributed by atoms with Crippen LogP contribution in [0.4, 0.5) is 5.69 Å². The first kappa shape index (κ1) is 15.0. The molecule has 110 valence electrons. The van der Waals surface area contributed by atoms with E-state index < -0.39 is 10.0 Å². The third kappa shape index (κ3) is 3.04. The number of nitrogens with two attached hydrogens (primary N) is 2. The summed E-state index contributed by atoms with van der Waals surface area (Å²) in [5, 5.41) is 5.14. The van der Waals surface area contributed by atoms with Crippen molar-refractivity contribution < 1.29 is 17.9 Å². The van der Waals surface area contributed by atoms with Gasteiger partial charge in [-0.05, 0) is 29.8 Å². The molecule has 0 aliphatic carbocycles. The van der Waals surface area contributed by atoms with Gasteiger partial charge in [-0.1, -0.05) is 12.1 Å². The Morgan fingerprint density at radius 1 is 1.19 bits per heavy atom. The minimum Gasteiger partial charge on any atom is -0.495 e. The van der Waals surface area contributed by atoms with Gasteiger partial charge in [0.15, 0.2) is 6.29 Å². The Kier molecular flexibility index (Phi) is 3.97. The molecule has 21 heavy (non-hydrogen) atoms. The quantitative estimate of drug-likeness (QED) is 0.655. The molecule has 0 unspecified atom stereocenters. The van der Waals surface area contributed by atoms with Crippen LogP contribution in [0.15, 0.2) is 41.3 Å². The largest absolute Gasteiger partial charge is 0.495 e. The number of carbonyl (C=O) groups excluding carboxylic acids is 1. The second-order valence-corrected chi connectivity index (χ2v) is 5.94. The van der Waals surface area contributed by atoms with Crippen molar-refractivity contribution in [2.45, 2.75) is 4.90 Å². The summed E-state index contributed by atoms with van der Waals surface area (Å²) in [7, 11) is -2.55. The first-order chi connectivity index (χ1) is 9.86. The van der Waals surface area contributed by atoms with Gasteiger partial charge in [-0.2, -0.15) is 0 Å². The summed E-state index contributed by atoms with van der Waals surface area (Å²) < 4.78 is 28.3. The molecule has 0 aliphatic rings. The molecule has 0 saturated carbocycles. The van der Waals surface area contributed by atoms with Gasteiger partial charge in [-0.25, -0.2) is 13.6 Å². The van der Waals surface area contributed by atoms with Crippen LogP contribution < -0.4 is 15.6 Å². The van der Waals surface area contributed by atoms with Gasteiger partial charge >= 0.3 is 0 Å². The summed E-state index contributed by atoms with van der Waals surface area (Å²) in [5.41, 5.74) is 7.38. The molecule has 0 spiro atoms. The van der Waals surface area contributed by atoms with E-state index in [0.29, 0.717) is 23.1 Å². The molecular formula is C14H14N2O4S. The maximum absolute atomic E-state index is 11.5. The molecule has 0 saturated heterocycles. The molecule has 0 bridgehead atoms. The van der Waals surface area contributed by atoms with Crippen LogP contribution in [0.5, 0.6) is 5.75 Å². The predicted octanol–water partition coefficient (Wildman–Crippen LogP) is 1.40. The first-order valence-corrected chi connectivity index (χ1v) is 7.47. The predicted molar refractivity (Wildman–Crippen MR) is 79.6 cm³/mol. The van der Waals surface area contributed by atoms with Crippen molar-refractivity contribution in [1.29, 1.82) is 0 Å². The maximum atomic E-state index is 11.5. The number of hydrogen-bond donors (Lipinski definition) is 2. The summed E-state index contributed by atoms with van der Waals surface area (Å²) in [6, 6.07) is 9.33. The van der Waals surface area contributed by atoms with Crippen molar-refractivity contribution in [1.82, 2.24) is 0 Å². The van der Waals surface area contributed by atoms with E-state index in [-0.39, 0.29) is 16.2 Å². The highest BCUT2D eigenvalue weighted by atomic mass is 32.2. The van der Waals surface area contributed by atoms with Crippen LogP contribution in [0.1, 0.15) is 10.4 Å². The molecule has 0 fully saturated rings. The Morgan fingerprint density at radius 2 is 1.90 bits per heavy atom. The fourth-order valence-electron chi connectivity index (χ4n) is 2.02. The summed E-state index contributed by atoms with van der Waals surface area (Å²) in [5.74, 6) is 0.267. The van der Waals surface area contributed by atoms with Crippen LogP contribution in [0.2, 0.25) is 0 Å². The van der Waals surface area contributed by atoms with Crippen molar-refractivity contribution in [3.05, 3.63) is 42.0 Å². The Bertz CT molecular complexity index is 801. The standard InChI is InChI=1S/C14H14N2O4S/c1-20-14-10(8-17)6-12(21(16,18)19)7-13(14)9-3-2-4-11(15)5-9/h2-8H,15H2,1H3,(H2,16,18,19). The molecule has 0 heterocycles. The lowest BCUT2D eigenvalue weighted by Gasteiger charge is -2.13. The van der Waals surface area contributed by atoms with Crippen LogP contribution in [0, 0.1) is 0 Å². The lowest BCUT2D eigenvalue weighted by Crippen LogP contribution is -2.13. The molecule has 2 rings (SSSR count). The van der Waals surface area contributed by atoms with Gasteiger partial charge < -0.3 is 10.5 Å². The molecule has 4 N–H and O–H groups in total. The number of sulfonamides is 1. The third-order valence-corrected chi connectivity index (χ3v) is 3.84. The average Bonchev–Trinajstić information content (AvgIpc) is 2.44. The molecule has 0 aliphatic heterocycles. The van der Waals surface area contributed by atoms with E-state index in [2.05, 4.69) is 0 Å². The average molecular weight is 306 g/mol. The molecule has 0 amide bonds. The zero-order chi connectivity index (χ0) is 15.6. The number of rotatable bonds is 4. The van der Waals surface area contributed by atoms with Gasteiger partial charge in [-0.15, -0.1) is 0 Å². The summed E-state index contributed by atoms with van der Waals surface area (Å²) in [6.45, 7) is 0. The summed E-state index contributed by atoms with van der Waals surface area (Å²) >= 11 is 0. The van der Waals surface area contributed by atoms with E-state index in [4.69, 9.17) is 15.6 Å². The second-order valence-electron chi connectivity index (χ2n) is 4.38. The van der Waals surface area contributed by atoms with E-state index in [1.807, 2.05) is 0 Å². The molecule has 2 aromatic carbocycles. The molecular weight excluding hydrogens is 292 g/mol. The Morgan fingerprint density at radius 3 is 2.43 bits per heavy atom. The fourth-order valence-corrected chi connectivity index (χ4v) is 2.60. The molecule has 0 atom stereocenters. The zero-order valence-electron chi connectivity index (χ0n) is 11.2. The van der Waals surface area contributed by atoms with Crippen LogP contribution in [0.25, 0.3) is 11.1 Å². The number of benzene rings is 2. The molecule has 7 heteroatoms. The smallest absolute Gasteiger partial charge is 0.238 e. The Labute approximate surface area is 122 Å². The Balaban J connectivity index is 2.82. The van der Waals surface area contributed by atoms with Crippen molar-refractivity contribution in [3.63, 3.8) is 0 Å². The van der Waals surface area contributed by atoms with E-state index in [1.54, 1.807) is 24.3 Å². The third-order valence-electron chi connectivity index (χ3n) is 2.95. The van der Waals surface area contributed by atoms with E-state index >= 15 is 0 Å². The second kappa shape index (κ2) is 5.55. The van der Waals surface area contributed by atoms with Crippen LogP contribution >= 0.6 is 0 Å². The van der Waals surface area contributed by atoms with Gasteiger partial charge in [0.1, 0.15) is 5.75 Å². The number of aldehydes is 1. The van der Waals surface area contributed by atoms with E-state index in [0.717, 1.165) is 0 Å². The number of carbonyl (C=O) groups is 1. The number of nitrogen functional groups attached to an aromatic ring is 1. The van der Waals surface area contributed by atoms with Crippen LogP contribution in [-0.4, -0.2) is 21.8 Å². The van der Waals surface area contributed by atoms with E-state index in [9.17, 15) is 13.2 Å². The lowest BCUT2D eigenvalue weighted by atomic mass is 10.0. The highest BCUT2D eigenvalue weighted by molar-refractivity contribution is 7.89. The number of methoxy groups -OCH3 is 1. The number of hydrogen-bond acceptors (Lipinski definition) is 5. The highest BCUT2D eigenvalue weighted by Gasteiger charge is 2.18. The van der Waals surface area contributed by atoms with Crippen molar-refractivity contribution in [2.24, 2.45) is 5.14 Å². The zero-order valence-corrected chi connectivity index (χ0v) is 12.1. The van der Waals surface area contributed by atoms with Crippen LogP contribution in [-0.2, 0) is 10.0 Å². The number of anilines is 1. The Hall–Kier alpha value is -2.38. The van der Waals surface area contributed by atoms with Crippen molar-refractivity contribution >= 4 is 22.0 Å². The van der Waals surface area contributed by atoms with Crippen molar-refractivity contribution in [2.75, 3.05) is 12.8 Å². The van der Waals surface area contributed by atoms with Gasteiger partial charge in [-0.3, -0.25) is 4.79 Å². The number of ether oxygens (including phenoxy) is 1. The molecule has 6 nitrogen and oxygen atoms in total. The topological polar surface area (TPSA) is 112 Å². The molecule has 0 radical (unpaired) electrons. The van der Waals surface area contributed by atoms with Crippen molar-refractivity contribution in [3.8, 4) is 16.9 Å². The maximum Gasteiger partial charge on any atom is 0.238 e. The summed E-state index contributed by atoms with van der Waals surface area (Å²) in [4.78, 5) is 11.0. The van der Waals surface area contributed by atoms with Gasteiger partial charge in [0, 0.05) is 11.3 Å². The first-order valence-electron chi connectivity index (χ1n) is 5.92. The highest BCUT2D eigenvalue weighted by Crippen LogP contribution is 2.35. The molecule has 0 aromatic heterocycles. The van der Waals surface area contributed by atoms with Crippen LogP contribution in [0.3, 0.4) is 0 Å². The van der Waals surface area contributed by atoms with Gasteiger partial charge in [0.05, 0.1) is 17.6 Å². The normalized spacial score (nSPS) is 11.1. The number of primary sulfonamides is 1. The van der Waals surface area contributed by atoms with E-state index in [1.165, 1.54) is 19.2 Å².